The van der Waals surface area contributed by atoms with Crippen LogP contribution in [0.1, 0.15) is 58.8 Å². The summed E-state index contributed by atoms with van der Waals surface area (Å²) in [5, 5.41) is 2.95. The molecule has 2 atom stereocenters. The van der Waals surface area contributed by atoms with Gasteiger partial charge >= 0.3 is 6.03 Å². The lowest BCUT2D eigenvalue weighted by atomic mass is 9.86. The number of hydrogen-bond donors (Lipinski definition) is 1. The van der Waals surface area contributed by atoms with Gasteiger partial charge in [-0.05, 0) is 44.9 Å². The predicted octanol–water partition coefficient (Wildman–Crippen LogP) is 1.90. The Morgan fingerprint density at radius 3 is 2.45 bits per heavy atom. The van der Waals surface area contributed by atoms with Gasteiger partial charge in [-0.15, -0.1) is 0 Å². The number of likely N-dealkylation sites (tertiary alicyclic amines) is 2. The van der Waals surface area contributed by atoms with Gasteiger partial charge in [-0.3, -0.25) is 19.3 Å². The number of piperidine rings is 2. The maximum absolute atomic E-state index is 13.4. The van der Waals surface area contributed by atoms with Crippen LogP contribution < -0.4 is 5.32 Å². The molecule has 0 aromatic heterocycles. The first kappa shape index (κ1) is 21.8. The highest BCUT2D eigenvalue weighted by Crippen LogP contribution is 2.33. The Hall–Kier alpha value is -2.38. The highest BCUT2D eigenvalue weighted by atomic mass is 16.2. The number of carbonyl (C=O) groups is 4. The molecule has 31 heavy (non-hydrogen) atoms. The summed E-state index contributed by atoms with van der Waals surface area (Å²) in [6, 6.07) is -0.632. The number of nitrogens with one attached hydrogen (secondary N) is 1. The van der Waals surface area contributed by atoms with Crippen molar-refractivity contribution in [2.45, 2.75) is 70.4 Å². The molecule has 0 aromatic rings. The quantitative estimate of drug-likeness (QED) is 0.547. The molecule has 8 nitrogen and oxygen atoms in total. The van der Waals surface area contributed by atoms with Crippen LogP contribution in [-0.4, -0.2) is 76.2 Å². The zero-order chi connectivity index (χ0) is 22.2. The van der Waals surface area contributed by atoms with Crippen LogP contribution in [0.25, 0.3) is 0 Å². The third-order valence-electron chi connectivity index (χ3n) is 7.31. The summed E-state index contributed by atoms with van der Waals surface area (Å²) in [7, 11) is 0. The molecule has 0 unspecified atom stereocenters. The summed E-state index contributed by atoms with van der Waals surface area (Å²) >= 11 is 0. The number of rotatable bonds is 3. The first-order chi connectivity index (χ1) is 14.8. The summed E-state index contributed by atoms with van der Waals surface area (Å²) in [5.41, 5.74) is -0.911. The van der Waals surface area contributed by atoms with E-state index in [0.717, 1.165) is 32.1 Å². The van der Waals surface area contributed by atoms with Crippen LogP contribution in [-0.2, 0) is 14.4 Å². The standard InChI is InChI=1S/C23H34N4O4/c1-16(2)19(28)25-13-10-23(11-14-25)21(30)27(22(31)24-23)18-9-6-12-26(15-18)20(29)17-7-4-3-5-8-17/h3-4,16-18H,5-15H2,1-2H3,(H,24,31)/t17-,18-/m1/s1. The molecule has 1 spiro atoms. The minimum atomic E-state index is -0.911. The largest absolute Gasteiger partial charge is 0.342 e. The first-order valence-corrected chi connectivity index (χ1v) is 11.7. The van der Waals surface area contributed by atoms with E-state index in [0.29, 0.717) is 39.0 Å². The van der Waals surface area contributed by atoms with Crippen LogP contribution >= 0.6 is 0 Å². The average molecular weight is 431 g/mol. The van der Waals surface area contributed by atoms with Crippen molar-refractivity contribution in [1.82, 2.24) is 20.0 Å². The SMILES string of the molecule is CC(C)C(=O)N1CCC2(CC1)NC(=O)N([C@@H]1CCCN(C(=O)[C@@H]3CC=CCC3)C1)C2=O. The molecule has 3 heterocycles. The Kier molecular flexibility index (Phi) is 6.08. The van der Waals surface area contributed by atoms with E-state index in [1.54, 1.807) is 4.90 Å². The molecule has 0 radical (unpaired) electrons. The molecule has 1 aliphatic carbocycles. The molecule has 4 aliphatic rings. The molecule has 170 valence electrons. The Morgan fingerprint density at radius 1 is 1.06 bits per heavy atom. The number of imide groups is 1. The van der Waals surface area contributed by atoms with Gasteiger partial charge in [0.2, 0.25) is 11.8 Å². The van der Waals surface area contributed by atoms with Gasteiger partial charge in [0.15, 0.2) is 0 Å². The van der Waals surface area contributed by atoms with Gasteiger partial charge in [0, 0.05) is 38.0 Å². The van der Waals surface area contributed by atoms with Gasteiger partial charge in [0.05, 0.1) is 6.04 Å². The van der Waals surface area contributed by atoms with Crippen molar-refractivity contribution in [1.29, 1.82) is 0 Å². The van der Waals surface area contributed by atoms with E-state index in [2.05, 4.69) is 17.5 Å². The van der Waals surface area contributed by atoms with Crippen molar-refractivity contribution < 1.29 is 19.2 Å². The maximum Gasteiger partial charge on any atom is 0.325 e. The van der Waals surface area contributed by atoms with E-state index in [1.165, 1.54) is 4.90 Å². The van der Waals surface area contributed by atoms with Crippen LogP contribution in [0.5, 0.6) is 0 Å². The van der Waals surface area contributed by atoms with Crippen molar-refractivity contribution in [3.8, 4) is 0 Å². The summed E-state index contributed by atoms with van der Waals surface area (Å²) in [6.45, 7) is 5.80. The molecule has 3 aliphatic heterocycles. The number of hydrogen-bond acceptors (Lipinski definition) is 4. The number of amides is 5. The van der Waals surface area contributed by atoms with E-state index >= 15 is 0 Å². The smallest absolute Gasteiger partial charge is 0.325 e. The zero-order valence-electron chi connectivity index (χ0n) is 18.6. The van der Waals surface area contributed by atoms with Crippen LogP contribution in [0.4, 0.5) is 4.79 Å². The Labute approximate surface area is 184 Å². The van der Waals surface area contributed by atoms with E-state index in [1.807, 2.05) is 18.7 Å². The molecule has 5 amide bonds. The zero-order valence-corrected chi connectivity index (χ0v) is 18.6. The molecule has 4 rings (SSSR count). The van der Waals surface area contributed by atoms with Crippen LogP contribution in [0.3, 0.4) is 0 Å². The Morgan fingerprint density at radius 2 is 1.81 bits per heavy atom. The fourth-order valence-electron chi connectivity index (χ4n) is 5.43. The van der Waals surface area contributed by atoms with Crippen molar-refractivity contribution in [2.24, 2.45) is 11.8 Å². The van der Waals surface area contributed by atoms with E-state index in [9.17, 15) is 19.2 Å². The summed E-state index contributed by atoms with van der Waals surface area (Å²) < 4.78 is 0. The second-order valence-corrected chi connectivity index (χ2v) is 9.73. The van der Waals surface area contributed by atoms with E-state index < -0.39 is 5.54 Å². The lowest BCUT2D eigenvalue weighted by Crippen LogP contribution is -2.57. The Bertz CT molecular complexity index is 784. The molecule has 0 saturated carbocycles. The second kappa shape index (κ2) is 8.63. The summed E-state index contributed by atoms with van der Waals surface area (Å²) in [6.07, 6.45) is 9.17. The van der Waals surface area contributed by atoms with Gasteiger partial charge in [-0.25, -0.2) is 4.79 Å². The maximum atomic E-state index is 13.4. The van der Waals surface area contributed by atoms with Crippen molar-refractivity contribution in [2.75, 3.05) is 26.2 Å². The molecular formula is C23H34N4O4. The normalized spacial score (nSPS) is 28.4. The monoisotopic (exact) mass is 430 g/mol. The molecule has 0 aromatic carbocycles. The van der Waals surface area contributed by atoms with E-state index in [-0.39, 0.29) is 41.6 Å². The topological polar surface area (TPSA) is 90.0 Å². The van der Waals surface area contributed by atoms with Gasteiger partial charge in [0.25, 0.3) is 5.91 Å². The average Bonchev–Trinajstić information content (AvgIpc) is 3.02. The minimum Gasteiger partial charge on any atom is -0.342 e. The first-order valence-electron chi connectivity index (χ1n) is 11.7. The third-order valence-corrected chi connectivity index (χ3v) is 7.31. The fraction of sp³-hybridized carbons (Fsp3) is 0.739. The summed E-state index contributed by atoms with van der Waals surface area (Å²) in [5.74, 6) is -0.0151. The van der Waals surface area contributed by atoms with Gasteiger partial charge in [-0.2, -0.15) is 0 Å². The predicted molar refractivity (Wildman–Crippen MR) is 115 cm³/mol. The molecular weight excluding hydrogens is 396 g/mol. The van der Waals surface area contributed by atoms with Gasteiger partial charge in [-0.1, -0.05) is 26.0 Å². The summed E-state index contributed by atoms with van der Waals surface area (Å²) in [4.78, 5) is 56.6. The fourth-order valence-corrected chi connectivity index (χ4v) is 5.43. The van der Waals surface area contributed by atoms with Crippen molar-refractivity contribution in [3.63, 3.8) is 0 Å². The van der Waals surface area contributed by atoms with Crippen molar-refractivity contribution in [3.05, 3.63) is 12.2 Å². The second-order valence-electron chi connectivity index (χ2n) is 9.73. The molecule has 3 fully saturated rings. The Balaban J connectivity index is 1.41. The van der Waals surface area contributed by atoms with E-state index in [4.69, 9.17) is 0 Å². The lowest BCUT2D eigenvalue weighted by molar-refractivity contribution is -0.143. The highest BCUT2D eigenvalue weighted by Gasteiger charge is 2.55. The van der Waals surface area contributed by atoms with Gasteiger partial charge < -0.3 is 15.1 Å². The molecule has 8 heteroatoms. The lowest BCUT2D eigenvalue weighted by Gasteiger charge is -2.40. The highest BCUT2D eigenvalue weighted by molar-refractivity contribution is 6.07. The molecule has 0 bridgehead atoms. The van der Waals surface area contributed by atoms with Crippen LogP contribution in [0, 0.1) is 11.8 Å². The molecule has 1 N–H and O–H groups in total. The third kappa shape index (κ3) is 4.08. The number of allylic oxidation sites excluding steroid dienone is 2. The van der Waals surface area contributed by atoms with Crippen LogP contribution in [0.2, 0.25) is 0 Å². The van der Waals surface area contributed by atoms with Crippen molar-refractivity contribution >= 4 is 23.8 Å². The van der Waals surface area contributed by atoms with Gasteiger partial charge in [0.1, 0.15) is 5.54 Å². The number of nitrogens with zero attached hydrogens (tertiary/aromatic N) is 3. The number of urea groups is 1. The number of carbonyl (C=O) groups excluding carboxylic acids is 4. The minimum absolute atomic E-state index is 0.0148. The molecule has 3 saturated heterocycles. The van der Waals surface area contributed by atoms with Crippen LogP contribution in [0.15, 0.2) is 12.2 Å².